The average molecular weight is 446 g/mol. The van der Waals surface area contributed by atoms with Crippen molar-refractivity contribution < 1.29 is 15.0 Å². The molecular formula is C28H47NO3. The van der Waals surface area contributed by atoms with Crippen molar-refractivity contribution in [1.29, 1.82) is 0 Å². The molecule has 4 nitrogen and oxygen atoms in total. The van der Waals surface area contributed by atoms with Crippen molar-refractivity contribution >= 4 is 5.91 Å². The molecule has 0 aliphatic carbocycles. The molecule has 0 bridgehead atoms. The Morgan fingerprint density at radius 3 is 1.81 bits per heavy atom. The van der Waals surface area contributed by atoms with Crippen LogP contribution in [-0.4, -0.2) is 34.9 Å². The highest BCUT2D eigenvalue weighted by Crippen LogP contribution is 2.08. The third-order valence-electron chi connectivity index (χ3n) is 5.04. The number of carbonyl (C=O) groups is 1. The highest BCUT2D eigenvalue weighted by molar-refractivity contribution is 5.76. The van der Waals surface area contributed by atoms with Gasteiger partial charge in [0.25, 0.3) is 0 Å². The summed E-state index contributed by atoms with van der Waals surface area (Å²) in [5.74, 6) is -0.106. The van der Waals surface area contributed by atoms with Gasteiger partial charge in [0.15, 0.2) is 0 Å². The van der Waals surface area contributed by atoms with Crippen LogP contribution in [0, 0.1) is 0 Å². The number of carbonyl (C=O) groups excluding carboxylic acids is 1. The van der Waals surface area contributed by atoms with Crippen molar-refractivity contribution in [2.75, 3.05) is 6.61 Å². The molecule has 2 unspecified atom stereocenters. The van der Waals surface area contributed by atoms with Gasteiger partial charge in [-0.05, 0) is 51.4 Å². The topological polar surface area (TPSA) is 69.6 Å². The molecule has 3 N–H and O–H groups in total. The van der Waals surface area contributed by atoms with E-state index in [2.05, 4.69) is 79.9 Å². The Kier molecular flexibility index (Phi) is 22.3. The quantitative estimate of drug-likeness (QED) is 0.152. The van der Waals surface area contributed by atoms with Crippen LogP contribution < -0.4 is 5.32 Å². The van der Waals surface area contributed by atoms with E-state index in [1.807, 2.05) is 0 Å². The zero-order chi connectivity index (χ0) is 23.7. The van der Waals surface area contributed by atoms with Crippen LogP contribution >= 0.6 is 0 Å². The standard InChI is InChI=1S/C28H47NO3/c1-3-5-7-8-9-10-11-12-13-14-15-16-17-18-19-20-22-24-28(32)29-26(25-30)27(31)23-21-6-4-2/h5,7,9-10,12-13,15-16,18-19,26-27,30-31H,3-4,6,8,11,14,17,20-25H2,1-2H3,(H,29,32)/b7-5-,10-9-,13-12-,16-15-,19-18-. The van der Waals surface area contributed by atoms with Crippen LogP contribution in [-0.2, 0) is 4.79 Å². The second-order valence-corrected chi connectivity index (χ2v) is 8.02. The highest BCUT2D eigenvalue weighted by Gasteiger charge is 2.19. The second kappa shape index (κ2) is 23.7. The van der Waals surface area contributed by atoms with E-state index in [-0.39, 0.29) is 12.5 Å². The molecule has 4 heteroatoms. The first-order valence-electron chi connectivity index (χ1n) is 12.5. The highest BCUT2D eigenvalue weighted by atomic mass is 16.3. The molecule has 182 valence electrons. The first-order valence-corrected chi connectivity index (χ1v) is 12.5. The third-order valence-corrected chi connectivity index (χ3v) is 5.04. The maximum atomic E-state index is 12.0. The van der Waals surface area contributed by atoms with E-state index >= 15 is 0 Å². The Labute approximate surface area is 196 Å². The van der Waals surface area contributed by atoms with Crippen LogP contribution in [0.15, 0.2) is 60.8 Å². The Hall–Kier alpha value is -1.91. The molecular weight excluding hydrogens is 398 g/mol. The van der Waals surface area contributed by atoms with Crippen molar-refractivity contribution in [3.8, 4) is 0 Å². The van der Waals surface area contributed by atoms with Crippen LogP contribution in [0.25, 0.3) is 0 Å². The number of nitrogens with one attached hydrogen (secondary N) is 1. The number of hydrogen-bond donors (Lipinski definition) is 3. The van der Waals surface area contributed by atoms with E-state index in [1.165, 1.54) is 0 Å². The molecule has 32 heavy (non-hydrogen) atoms. The molecule has 0 aromatic heterocycles. The van der Waals surface area contributed by atoms with Gasteiger partial charge in [-0.15, -0.1) is 0 Å². The summed E-state index contributed by atoms with van der Waals surface area (Å²) in [5, 5.41) is 22.3. The lowest BCUT2D eigenvalue weighted by atomic mass is 10.0. The Bertz CT molecular complexity index is 575. The van der Waals surface area contributed by atoms with Crippen LogP contribution in [0.4, 0.5) is 0 Å². The van der Waals surface area contributed by atoms with E-state index in [4.69, 9.17) is 0 Å². The smallest absolute Gasteiger partial charge is 0.220 e. The van der Waals surface area contributed by atoms with E-state index in [0.29, 0.717) is 12.8 Å². The molecule has 0 fully saturated rings. The maximum Gasteiger partial charge on any atom is 0.220 e. The zero-order valence-electron chi connectivity index (χ0n) is 20.4. The van der Waals surface area contributed by atoms with Crippen molar-refractivity contribution in [2.45, 2.75) is 103 Å². The first kappa shape index (κ1) is 30.1. The van der Waals surface area contributed by atoms with Crippen LogP contribution in [0.3, 0.4) is 0 Å². The fourth-order valence-electron chi connectivity index (χ4n) is 3.10. The molecule has 0 aromatic rings. The summed E-state index contributed by atoms with van der Waals surface area (Å²) in [6, 6.07) is -0.562. The number of rotatable bonds is 20. The number of aliphatic hydroxyl groups is 2. The third kappa shape index (κ3) is 20.0. The minimum Gasteiger partial charge on any atom is -0.394 e. The zero-order valence-corrected chi connectivity index (χ0v) is 20.4. The average Bonchev–Trinajstić information content (AvgIpc) is 2.79. The van der Waals surface area contributed by atoms with Gasteiger partial charge in [-0.2, -0.15) is 0 Å². The maximum absolute atomic E-state index is 12.0. The van der Waals surface area contributed by atoms with Gasteiger partial charge < -0.3 is 15.5 Å². The van der Waals surface area contributed by atoms with E-state index in [9.17, 15) is 15.0 Å². The fraction of sp³-hybridized carbons (Fsp3) is 0.607. The van der Waals surface area contributed by atoms with E-state index in [1.54, 1.807) is 0 Å². The van der Waals surface area contributed by atoms with Gasteiger partial charge >= 0.3 is 0 Å². The predicted molar refractivity (Wildman–Crippen MR) is 137 cm³/mol. The summed E-state index contributed by atoms with van der Waals surface area (Å²) < 4.78 is 0. The van der Waals surface area contributed by atoms with Crippen molar-refractivity contribution in [3.05, 3.63) is 60.8 Å². The summed E-state index contributed by atoms with van der Waals surface area (Å²) in [7, 11) is 0. The van der Waals surface area contributed by atoms with Crippen LogP contribution in [0.5, 0.6) is 0 Å². The number of allylic oxidation sites excluding steroid dienone is 10. The van der Waals surface area contributed by atoms with Gasteiger partial charge in [-0.25, -0.2) is 0 Å². The molecule has 0 rings (SSSR count). The molecule has 0 aliphatic heterocycles. The lowest BCUT2D eigenvalue weighted by molar-refractivity contribution is -0.123. The van der Waals surface area contributed by atoms with Gasteiger partial charge in [0.05, 0.1) is 18.8 Å². The van der Waals surface area contributed by atoms with Crippen molar-refractivity contribution in [1.82, 2.24) is 5.32 Å². The molecule has 0 heterocycles. The molecule has 1 amide bonds. The number of hydrogen-bond acceptors (Lipinski definition) is 3. The SMILES string of the molecule is CC/C=C\C/C=C\C/C=C\C/C=C\C/C=C\CCCC(=O)NC(CO)C(O)CCCCC. The number of amides is 1. The lowest BCUT2D eigenvalue weighted by Gasteiger charge is -2.22. The number of aliphatic hydroxyl groups excluding tert-OH is 2. The largest absolute Gasteiger partial charge is 0.394 e. The van der Waals surface area contributed by atoms with Crippen molar-refractivity contribution in [2.24, 2.45) is 0 Å². The molecule has 0 spiro atoms. The molecule has 0 aromatic carbocycles. The normalized spacial score (nSPS) is 14.5. The van der Waals surface area contributed by atoms with Gasteiger partial charge in [-0.3, -0.25) is 4.79 Å². The molecule has 0 aliphatic rings. The Morgan fingerprint density at radius 1 is 0.781 bits per heavy atom. The summed E-state index contributed by atoms with van der Waals surface area (Å²) in [6.07, 6.45) is 31.7. The Morgan fingerprint density at radius 2 is 1.31 bits per heavy atom. The van der Waals surface area contributed by atoms with Gasteiger partial charge in [0.1, 0.15) is 0 Å². The molecule has 0 radical (unpaired) electrons. The van der Waals surface area contributed by atoms with E-state index < -0.39 is 12.1 Å². The van der Waals surface area contributed by atoms with Gasteiger partial charge in [-0.1, -0.05) is 93.9 Å². The summed E-state index contributed by atoms with van der Waals surface area (Å²) in [5.41, 5.74) is 0. The number of unbranched alkanes of at least 4 members (excludes halogenated alkanes) is 3. The Balaban J connectivity index is 3.78. The first-order chi connectivity index (χ1) is 15.7. The lowest BCUT2D eigenvalue weighted by Crippen LogP contribution is -2.45. The fourth-order valence-corrected chi connectivity index (χ4v) is 3.10. The van der Waals surface area contributed by atoms with E-state index in [0.717, 1.165) is 64.2 Å². The van der Waals surface area contributed by atoms with Crippen LogP contribution in [0.1, 0.15) is 90.9 Å². The second-order valence-electron chi connectivity index (χ2n) is 8.02. The van der Waals surface area contributed by atoms with Crippen LogP contribution in [0.2, 0.25) is 0 Å². The predicted octanol–water partition coefficient (Wildman–Crippen LogP) is 6.33. The van der Waals surface area contributed by atoms with Gasteiger partial charge in [0, 0.05) is 6.42 Å². The summed E-state index contributed by atoms with van der Waals surface area (Å²) >= 11 is 0. The monoisotopic (exact) mass is 445 g/mol. The minimum absolute atomic E-state index is 0.106. The summed E-state index contributed by atoms with van der Waals surface area (Å²) in [4.78, 5) is 12.0. The molecule has 0 saturated carbocycles. The molecule has 0 saturated heterocycles. The minimum atomic E-state index is -0.679. The molecule has 2 atom stereocenters. The summed E-state index contributed by atoms with van der Waals surface area (Å²) in [6.45, 7) is 4.02. The van der Waals surface area contributed by atoms with Crippen molar-refractivity contribution in [3.63, 3.8) is 0 Å². The van der Waals surface area contributed by atoms with Gasteiger partial charge in [0.2, 0.25) is 5.91 Å².